The largest absolute Gasteiger partial charge is 0.313 e. The van der Waals surface area contributed by atoms with Crippen LogP contribution >= 0.6 is 23.4 Å². The molecule has 1 N–H and O–H groups in total. The van der Waals surface area contributed by atoms with E-state index in [1.54, 1.807) is 0 Å². The summed E-state index contributed by atoms with van der Waals surface area (Å²) in [5.41, 5.74) is 2.57. The van der Waals surface area contributed by atoms with Gasteiger partial charge in [0.05, 0.1) is 0 Å². The summed E-state index contributed by atoms with van der Waals surface area (Å²) in [7, 11) is 2.00. The maximum absolute atomic E-state index is 6.05. The maximum atomic E-state index is 6.05. The molecular weight excluding hydrogens is 286 g/mol. The molecule has 0 aromatic heterocycles. The minimum Gasteiger partial charge on any atom is -0.313 e. The van der Waals surface area contributed by atoms with E-state index >= 15 is 0 Å². The third kappa shape index (κ3) is 4.27. The highest BCUT2D eigenvalue weighted by molar-refractivity contribution is 7.99. The van der Waals surface area contributed by atoms with Gasteiger partial charge in [0.1, 0.15) is 0 Å². The van der Waals surface area contributed by atoms with Crippen molar-refractivity contribution in [3.8, 4) is 0 Å². The van der Waals surface area contributed by atoms with E-state index in [2.05, 4.69) is 42.6 Å². The molecule has 0 bridgehead atoms. The summed E-state index contributed by atoms with van der Waals surface area (Å²) in [5, 5.41) is 4.19. The second-order valence-corrected chi connectivity index (χ2v) is 6.45. The van der Waals surface area contributed by atoms with Crippen LogP contribution in [0.3, 0.4) is 0 Å². The van der Waals surface area contributed by atoms with Crippen molar-refractivity contribution in [2.45, 2.75) is 24.3 Å². The molecule has 0 aliphatic heterocycles. The highest BCUT2D eigenvalue weighted by Crippen LogP contribution is 2.23. The summed E-state index contributed by atoms with van der Waals surface area (Å²) in [6.45, 7) is 2.17. The van der Waals surface area contributed by atoms with Crippen LogP contribution in [0, 0.1) is 0 Å². The third-order valence-corrected chi connectivity index (χ3v) is 4.40. The third-order valence-electron chi connectivity index (χ3n) is 3.27. The van der Waals surface area contributed by atoms with Crippen molar-refractivity contribution in [2.24, 2.45) is 0 Å². The van der Waals surface area contributed by atoms with Crippen molar-refractivity contribution < 1.29 is 0 Å². The van der Waals surface area contributed by atoms with Crippen molar-refractivity contribution in [3.05, 3.63) is 64.7 Å². The van der Waals surface area contributed by atoms with Gasteiger partial charge in [-0.25, -0.2) is 0 Å². The van der Waals surface area contributed by atoms with E-state index in [1.807, 2.05) is 37.0 Å². The van der Waals surface area contributed by atoms with E-state index < -0.39 is 0 Å². The van der Waals surface area contributed by atoms with Gasteiger partial charge >= 0.3 is 0 Å². The number of thioether (sulfide) groups is 1. The van der Waals surface area contributed by atoms with Crippen molar-refractivity contribution in [1.82, 2.24) is 5.32 Å². The lowest BCUT2D eigenvalue weighted by Gasteiger charge is -2.17. The Balaban J connectivity index is 2.11. The fraction of sp³-hybridized carbons (Fsp3) is 0.294. The molecule has 0 fully saturated rings. The predicted molar refractivity (Wildman–Crippen MR) is 89.8 cm³/mol. The summed E-state index contributed by atoms with van der Waals surface area (Å²) >= 11 is 7.92. The minimum atomic E-state index is 0.314. The number of rotatable bonds is 6. The minimum absolute atomic E-state index is 0.314. The molecule has 2 aromatic carbocycles. The second-order valence-electron chi connectivity index (χ2n) is 4.68. The Hall–Kier alpha value is -0.960. The van der Waals surface area contributed by atoms with Crippen LogP contribution in [0.1, 0.15) is 24.1 Å². The van der Waals surface area contributed by atoms with E-state index in [4.69, 9.17) is 11.6 Å². The lowest BCUT2D eigenvalue weighted by Crippen LogP contribution is -2.18. The predicted octanol–water partition coefficient (Wildman–Crippen LogP) is 4.96. The highest BCUT2D eigenvalue weighted by Gasteiger charge is 2.10. The van der Waals surface area contributed by atoms with Gasteiger partial charge in [0.15, 0.2) is 0 Å². The summed E-state index contributed by atoms with van der Waals surface area (Å²) in [6.07, 6.45) is 0.942. The molecule has 1 atom stereocenters. The van der Waals surface area contributed by atoms with E-state index in [1.165, 1.54) is 16.0 Å². The summed E-state index contributed by atoms with van der Waals surface area (Å²) in [6, 6.07) is 17.2. The maximum Gasteiger partial charge on any atom is 0.0408 e. The first-order valence-corrected chi connectivity index (χ1v) is 8.23. The molecule has 0 radical (unpaired) electrons. The molecule has 1 nitrogen and oxygen atoms in total. The number of likely N-dealkylation sites (N-methyl/N-ethyl adjacent to an activating group) is 1. The van der Waals surface area contributed by atoms with E-state index in [0.717, 1.165) is 17.2 Å². The molecule has 0 saturated carbocycles. The fourth-order valence-corrected chi connectivity index (χ4v) is 3.12. The molecule has 2 rings (SSSR count). The Kier molecular flexibility index (Phi) is 5.96. The van der Waals surface area contributed by atoms with Gasteiger partial charge in [-0.2, -0.15) is 0 Å². The first-order chi connectivity index (χ1) is 9.72. The Morgan fingerprint density at radius 1 is 1.15 bits per heavy atom. The van der Waals surface area contributed by atoms with Crippen LogP contribution in [0.25, 0.3) is 0 Å². The van der Waals surface area contributed by atoms with Gasteiger partial charge in [0.25, 0.3) is 0 Å². The molecule has 0 spiro atoms. The zero-order valence-corrected chi connectivity index (χ0v) is 13.5. The number of halogens is 1. The zero-order chi connectivity index (χ0) is 14.4. The van der Waals surface area contributed by atoms with Gasteiger partial charge in [-0.1, -0.05) is 42.8 Å². The first kappa shape index (κ1) is 15.4. The zero-order valence-electron chi connectivity index (χ0n) is 11.9. The number of hydrogen-bond acceptors (Lipinski definition) is 2. The molecule has 0 amide bonds. The van der Waals surface area contributed by atoms with Crippen LogP contribution in [0.5, 0.6) is 0 Å². The molecule has 0 saturated heterocycles. The summed E-state index contributed by atoms with van der Waals surface area (Å²) in [5.74, 6) is 1.11. The molecule has 0 aliphatic rings. The van der Waals surface area contributed by atoms with Crippen LogP contribution in [-0.4, -0.2) is 12.8 Å². The SMILES string of the molecule is CCSc1ccc(C(Cc2cccc(Cl)c2)NC)cc1. The van der Waals surface area contributed by atoms with Gasteiger partial charge in [-0.3, -0.25) is 0 Å². The Labute approximate surface area is 130 Å². The van der Waals surface area contributed by atoms with Crippen LogP contribution in [0.2, 0.25) is 5.02 Å². The monoisotopic (exact) mass is 305 g/mol. The first-order valence-electron chi connectivity index (χ1n) is 6.87. The van der Waals surface area contributed by atoms with Crippen LogP contribution in [0.15, 0.2) is 53.4 Å². The standard InChI is InChI=1S/C17H20ClNS/c1-3-20-16-9-7-14(8-10-16)17(19-2)12-13-5-4-6-15(18)11-13/h4-11,17,19H,3,12H2,1-2H3. The molecule has 106 valence electrons. The molecule has 3 heteroatoms. The molecule has 2 aromatic rings. The number of hydrogen-bond donors (Lipinski definition) is 1. The normalized spacial score (nSPS) is 12.3. The van der Waals surface area contributed by atoms with Crippen LogP contribution in [0.4, 0.5) is 0 Å². The quantitative estimate of drug-likeness (QED) is 0.757. The van der Waals surface area contributed by atoms with Gasteiger partial charge in [-0.05, 0) is 54.6 Å². The smallest absolute Gasteiger partial charge is 0.0408 e. The van der Waals surface area contributed by atoms with Gasteiger partial charge in [0, 0.05) is 16.0 Å². The average molecular weight is 306 g/mol. The number of benzene rings is 2. The van der Waals surface area contributed by atoms with Crippen molar-refractivity contribution in [2.75, 3.05) is 12.8 Å². The van der Waals surface area contributed by atoms with Gasteiger partial charge < -0.3 is 5.32 Å². The van der Waals surface area contributed by atoms with Crippen LogP contribution < -0.4 is 5.32 Å². The summed E-state index contributed by atoms with van der Waals surface area (Å²) in [4.78, 5) is 1.33. The highest BCUT2D eigenvalue weighted by atomic mass is 35.5. The van der Waals surface area contributed by atoms with E-state index in [0.29, 0.717) is 6.04 Å². The van der Waals surface area contributed by atoms with Gasteiger partial charge in [-0.15, -0.1) is 11.8 Å². The molecule has 1 unspecified atom stereocenters. The molecule has 20 heavy (non-hydrogen) atoms. The summed E-state index contributed by atoms with van der Waals surface area (Å²) < 4.78 is 0. The Morgan fingerprint density at radius 2 is 1.90 bits per heavy atom. The van der Waals surface area contributed by atoms with Crippen molar-refractivity contribution in [3.63, 3.8) is 0 Å². The van der Waals surface area contributed by atoms with E-state index in [9.17, 15) is 0 Å². The lowest BCUT2D eigenvalue weighted by molar-refractivity contribution is 0.592. The lowest BCUT2D eigenvalue weighted by atomic mass is 9.99. The number of nitrogens with one attached hydrogen (secondary N) is 1. The molecule has 0 heterocycles. The van der Waals surface area contributed by atoms with Crippen molar-refractivity contribution >= 4 is 23.4 Å². The average Bonchev–Trinajstić information content (AvgIpc) is 2.46. The van der Waals surface area contributed by atoms with E-state index in [-0.39, 0.29) is 0 Å². The second kappa shape index (κ2) is 7.72. The Bertz CT molecular complexity index is 539. The Morgan fingerprint density at radius 3 is 2.50 bits per heavy atom. The molecule has 0 aliphatic carbocycles. The van der Waals surface area contributed by atoms with Gasteiger partial charge in [0.2, 0.25) is 0 Å². The van der Waals surface area contributed by atoms with Crippen LogP contribution in [-0.2, 0) is 6.42 Å². The topological polar surface area (TPSA) is 12.0 Å². The molecular formula is C17H20ClNS. The van der Waals surface area contributed by atoms with Crippen molar-refractivity contribution in [1.29, 1.82) is 0 Å². The fourth-order valence-electron chi connectivity index (χ4n) is 2.25.